The van der Waals surface area contributed by atoms with Crippen LogP contribution in [0.15, 0.2) is 24.3 Å². The zero-order valence-electron chi connectivity index (χ0n) is 12.0. The molecule has 0 aromatic heterocycles. The van der Waals surface area contributed by atoms with Crippen LogP contribution in [0, 0.1) is 5.92 Å². The quantitative estimate of drug-likeness (QED) is 0.790. The Labute approximate surface area is 116 Å². The van der Waals surface area contributed by atoms with Crippen molar-refractivity contribution < 1.29 is 4.74 Å². The van der Waals surface area contributed by atoms with Gasteiger partial charge in [-0.15, -0.1) is 0 Å². The predicted molar refractivity (Wildman–Crippen MR) is 79.5 cm³/mol. The van der Waals surface area contributed by atoms with Crippen molar-refractivity contribution >= 4 is 5.69 Å². The molecule has 0 amide bonds. The Morgan fingerprint density at radius 1 is 1.37 bits per heavy atom. The number of nitrogen functional groups attached to an aromatic ring is 1. The van der Waals surface area contributed by atoms with Crippen molar-refractivity contribution in [3.8, 4) is 5.75 Å². The lowest BCUT2D eigenvalue weighted by molar-refractivity contribution is 0.215. The molecule has 0 saturated carbocycles. The van der Waals surface area contributed by atoms with Gasteiger partial charge in [-0.3, -0.25) is 0 Å². The number of ether oxygens (including phenoxy) is 1. The summed E-state index contributed by atoms with van der Waals surface area (Å²) in [5, 5.41) is 0. The van der Waals surface area contributed by atoms with E-state index in [-0.39, 0.29) is 0 Å². The summed E-state index contributed by atoms with van der Waals surface area (Å²) in [5.74, 6) is 1.70. The SMILES string of the molecule is CN(CCOc1ccc(N)cc1)CC1CCN(C)C1. The van der Waals surface area contributed by atoms with Gasteiger partial charge in [-0.1, -0.05) is 0 Å². The third-order valence-corrected chi connectivity index (χ3v) is 3.68. The summed E-state index contributed by atoms with van der Waals surface area (Å²) in [6.45, 7) is 5.31. The van der Waals surface area contributed by atoms with E-state index in [2.05, 4.69) is 23.9 Å². The lowest BCUT2D eigenvalue weighted by atomic mass is 10.1. The number of nitrogens with zero attached hydrogens (tertiary/aromatic N) is 2. The monoisotopic (exact) mass is 263 g/mol. The predicted octanol–water partition coefficient (Wildman–Crippen LogP) is 1.53. The van der Waals surface area contributed by atoms with E-state index in [0.717, 1.165) is 37.1 Å². The van der Waals surface area contributed by atoms with Gasteiger partial charge in [-0.2, -0.15) is 0 Å². The standard InChI is InChI=1S/C15H25N3O/c1-17-8-7-13(11-17)12-18(2)9-10-19-15-5-3-14(16)4-6-15/h3-6,13H,7-12,16H2,1-2H3. The van der Waals surface area contributed by atoms with Gasteiger partial charge in [0, 0.05) is 25.3 Å². The van der Waals surface area contributed by atoms with Gasteiger partial charge in [-0.25, -0.2) is 0 Å². The number of hydrogen-bond donors (Lipinski definition) is 1. The number of anilines is 1. The Balaban J connectivity index is 1.63. The van der Waals surface area contributed by atoms with Crippen molar-refractivity contribution in [1.82, 2.24) is 9.80 Å². The van der Waals surface area contributed by atoms with Crippen LogP contribution in [0.2, 0.25) is 0 Å². The normalized spacial score (nSPS) is 20.1. The van der Waals surface area contributed by atoms with E-state index in [1.165, 1.54) is 19.5 Å². The fourth-order valence-corrected chi connectivity index (χ4v) is 2.59. The first-order valence-electron chi connectivity index (χ1n) is 6.99. The molecule has 4 heteroatoms. The summed E-state index contributed by atoms with van der Waals surface area (Å²) in [6, 6.07) is 7.57. The Morgan fingerprint density at radius 3 is 2.74 bits per heavy atom. The lowest BCUT2D eigenvalue weighted by Gasteiger charge is -2.21. The highest BCUT2D eigenvalue weighted by molar-refractivity contribution is 5.41. The van der Waals surface area contributed by atoms with Crippen molar-refractivity contribution in [2.24, 2.45) is 5.92 Å². The molecule has 4 nitrogen and oxygen atoms in total. The second-order valence-corrected chi connectivity index (χ2v) is 5.60. The van der Waals surface area contributed by atoms with E-state index >= 15 is 0 Å². The Bertz CT molecular complexity index is 379. The van der Waals surface area contributed by atoms with E-state index in [0.29, 0.717) is 0 Å². The molecule has 2 rings (SSSR count). The molecule has 19 heavy (non-hydrogen) atoms. The molecule has 1 aromatic rings. The van der Waals surface area contributed by atoms with Crippen molar-refractivity contribution in [2.75, 3.05) is 52.6 Å². The number of likely N-dealkylation sites (N-methyl/N-ethyl adjacent to an activating group) is 1. The zero-order valence-corrected chi connectivity index (χ0v) is 12.0. The van der Waals surface area contributed by atoms with Gasteiger partial charge in [-0.05, 0) is 57.2 Å². The molecular weight excluding hydrogens is 238 g/mol. The fourth-order valence-electron chi connectivity index (χ4n) is 2.59. The second kappa shape index (κ2) is 6.78. The topological polar surface area (TPSA) is 41.7 Å². The molecule has 1 aromatic carbocycles. The maximum atomic E-state index is 5.71. The average Bonchev–Trinajstić information content (AvgIpc) is 2.77. The third kappa shape index (κ3) is 4.73. The number of benzene rings is 1. The third-order valence-electron chi connectivity index (χ3n) is 3.68. The van der Waals surface area contributed by atoms with Crippen LogP contribution in [0.25, 0.3) is 0 Å². The number of hydrogen-bond acceptors (Lipinski definition) is 4. The fraction of sp³-hybridized carbons (Fsp3) is 0.600. The van der Waals surface area contributed by atoms with E-state index in [4.69, 9.17) is 10.5 Å². The van der Waals surface area contributed by atoms with E-state index in [9.17, 15) is 0 Å². The minimum Gasteiger partial charge on any atom is -0.492 e. The van der Waals surface area contributed by atoms with E-state index in [1.807, 2.05) is 24.3 Å². The number of likely N-dealkylation sites (tertiary alicyclic amines) is 1. The molecule has 2 N–H and O–H groups in total. The van der Waals surface area contributed by atoms with Crippen LogP contribution in [-0.2, 0) is 0 Å². The lowest BCUT2D eigenvalue weighted by Crippen LogP contribution is -2.30. The molecule has 1 fully saturated rings. The minimum atomic E-state index is 0.725. The van der Waals surface area contributed by atoms with Gasteiger partial charge in [0.15, 0.2) is 0 Å². The Morgan fingerprint density at radius 2 is 2.11 bits per heavy atom. The smallest absolute Gasteiger partial charge is 0.119 e. The molecule has 1 aliphatic heterocycles. The molecule has 1 heterocycles. The van der Waals surface area contributed by atoms with Gasteiger partial charge < -0.3 is 20.3 Å². The zero-order chi connectivity index (χ0) is 13.7. The van der Waals surface area contributed by atoms with Crippen LogP contribution in [0.3, 0.4) is 0 Å². The summed E-state index contributed by atoms with van der Waals surface area (Å²) >= 11 is 0. The maximum Gasteiger partial charge on any atom is 0.119 e. The molecule has 1 atom stereocenters. The Hall–Kier alpha value is -1.26. The summed E-state index contributed by atoms with van der Waals surface area (Å²) in [4.78, 5) is 4.77. The molecular formula is C15H25N3O. The number of nitrogens with two attached hydrogens (primary N) is 1. The van der Waals surface area contributed by atoms with Gasteiger partial charge in [0.25, 0.3) is 0 Å². The molecule has 0 radical (unpaired) electrons. The maximum absolute atomic E-state index is 5.71. The van der Waals surface area contributed by atoms with E-state index in [1.54, 1.807) is 0 Å². The van der Waals surface area contributed by atoms with Crippen molar-refractivity contribution in [2.45, 2.75) is 6.42 Å². The van der Waals surface area contributed by atoms with Gasteiger partial charge in [0.2, 0.25) is 0 Å². The second-order valence-electron chi connectivity index (χ2n) is 5.60. The highest BCUT2D eigenvalue weighted by Gasteiger charge is 2.20. The van der Waals surface area contributed by atoms with Crippen LogP contribution in [-0.4, -0.2) is 56.7 Å². The van der Waals surface area contributed by atoms with E-state index < -0.39 is 0 Å². The summed E-state index contributed by atoms with van der Waals surface area (Å²) in [6.07, 6.45) is 1.32. The summed E-state index contributed by atoms with van der Waals surface area (Å²) in [7, 11) is 4.37. The molecule has 1 aliphatic rings. The minimum absolute atomic E-state index is 0.725. The van der Waals surface area contributed by atoms with Gasteiger partial charge in [0.05, 0.1) is 0 Å². The summed E-state index contributed by atoms with van der Waals surface area (Å²) in [5.41, 5.74) is 6.41. The first-order valence-corrected chi connectivity index (χ1v) is 6.99. The molecule has 106 valence electrons. The first-order chi connectivity index (χ1) is 9.13. The first kappa shape index (κ1) is 14.2. The van der Waals surface area contributed by atoms with Gasteiger partial charge >= 0.3 is 0 Å². The molecule has 1 unspecified atom stereocenters. The van der Waals surface area contributed by atoms with Crippen molar-refractivity contribution in [1.29, 1.82) is 0 Å². The van der Waals surface area contributed by atoms with Crippen LogP contribution in [0.4, 0.5) is 5.69 Å². The van der Waals surface area contributed by atoms with Crippen LogP contribution >= 0.6 is 0 Å². The highest BCUT2D eigenvalue weighted by Crippen LogP contribution is 2.15. The Kier molecular flexibility index (Phi) is 5.05. The summed E-state index contributed by atoms with van der Waals surface area (Å²) < 4.78 is 5.71. The average molecular weight is 263 g/mol. The molecule has 0 bridgehead atoms. The van der Waals surface area contributed by atoms with Crippen molar-refractivity contribution in [3.63, 3.8) is 0 Å². The van der Waals surface area contributed by atoms with Crippen LogP contribution < -0.4 is 10.5 Å². The largest absolute Gasteiger partial charge is 0.492 e. The molecule has 0 spiro atoms. The van der Waals surface area contributed by atoms with Crippen LogP contribution in [0.5, 0.6) is 5.75 Å². The van der Waals surface area contributed by atoms with Crippen molar-refractivity contribution in [3.05, 3.63) is 24.3 Å². The van der Waals surface area contributed by atoms with Gasteiger partial charge in [0.1, 0.15) is 12.4 Å². The number of rotatable bonds is 6. The van der Waals surface area contributed by atoms with Crippen LogP contribution in [0.1, 0.15) is 6.42 Å². The highest BCUT2D eigenvalue weighted by atomic mass is 16.5. The molecule has 1 saturated heterocycles. The molecule has 0 aliphatic carbocycles.